The monoisotopic (exact) mass is 441 g/mol. The molecule has 158 valence electrons. The lowest BCUT2D eigenvalue weighted by Gasteiger charge is -2.36. The van der Waals surface area contributed by atoms with E-state index >= 15 is 0 Å². The number of benzene rings is 1. The zero-order valence-electron chi connectivity index (χ0n) is 17.5. The zero-order valence-corrected chi connectivity index (χ0v) is 19.1. The zero-order chi connectivity index (χ0) is 20.9. The summed E-state index contributed by atoms with van der Waals surface area (Å²) in [6.45, 7) is 0. The van der Waals surface area contributed by atoms with Gasteiger partial charge in [-0.1, -0.05) is 41.0 Å². The van der Waals surface area contributed by atoms with Gasteiger partial charge in [-0.25, -0.2) is 0 Å². The average Bonchev–Trinajstić information content (AvgIpc) is 3.42. The molecule has 4 nitrogen and oxygen atoms in total. The van der Waals surface area contributed by atoms with E-state index in [9.17, 15) is 0 Å². The number of hydrogen-bond acceptors (Lipinski definition) is 5. The van der Waals surface area contributed by atoms with Gasteiger partial charge in [0.25, 0.3) is 0 Å². The fourth-order valence-electron chi connectivity index (χ4n) is 4.43. The van der Waals surface area contributed by atoms with Crippen LogP contribution in [0.2, 0.25) is 5.02 Å². The molecule has 1 unspecified atom stereocenters. The van der Waals surface area contributed by atoms with Crippen molar-refractivity contribution in [2.45, 2.75) is 38.1 Å². The predicted octanol–water partition coefficient (Wildman–Crippen LogP) is 6.50. The minimum absolute atomic E-state index is 0.529. The summed E-state index contributed by atoms with van der Waals surface area (Å²) in [6.07, 6.45) is 9.82. The van der Waals surface area contributed by atoms with Crippen molar-refractivity contribution < 1.29 is 4.52 Å². The van der Waals surface area contributed by atoms with Crippen molar-refractivity contribution in [3.05, 3.63) is 75.0 Å². The third kappa shape index (κ3) is 5.39. The van der Waals surface area contributed by atoms with Crippen LogP contribution in [0, 0.1) is 11.8 Å². The normalized spacial score (nSPS) is 20.8. The molecule has 0 saturated heterocycles. The molecular weight excluding hydrogens is 414 g/mol. The number of hydrogen-bond donors (Lipinski definition) is 0. The molecule has 2 aromatic heterocycles. The molecule has 4 rings (SSSR count). The van der Waals surface area contributed by atoms with Crippen LogP contribution in [0.5, 0.6) is 0 Å². The van der Waals surface area contributed by atoms with Crippen molar-refractivity contribution >= 4 is 29.0 Å². The van der Waals surface area contributed by atoms with Gasteiger partial charge in [0.15, 0.2) is 5.82 Å². The molecule has 1 atom stereocenters. The van der Waals surface area contributed by atoms with Crippen molar-refractivity contribution in [1.29, 1.82) is 0 Å². The number of thiophene rings is 1. The molecule has 0 bridgehead atoms. The van der Waals surface area contributed by atoms with Crippen molar-refractivity contribution in [3.63, 3.8) is 0 Å². The molecule has 3 aromatic rings. The molecule has 1 aromatic carbocycles. The molecule has 1 fully saturated rings. The van der Waals surface area contributed by atoms with Gasteiger partial charge in [0.1, 0.15) is 0 Å². The van der Waals surface area contributed by atoms with E-state index in [1.165, 1.54) is 30.6 Å². The van der Waals surface area contributed by atoms with Crippen LogP contribution in [0.4, 0.5) is 0 Å². The fraction of sp³-hybridized carbons (Fsp3) is 0.417. The predicted molar refractivity (Wildman–Crippen MR) is 124 cm³/mol. The Labute approximate surface area is 187 Å². The summed E-state index contributed by atoms with van der Waals surface area (Å²) >= 11 is 7.82. The molecule has 30 heavy (non-hydrogen) atoms. The van der Waals surface area contributed by atoms with Gasteiger partial charge < -0.3 is 9.42 Å². The summed E-state index contributed by atoms with van der Waals surface area (Å²) in [5.74, 6) is 2.59. The Morgan fingerprint density at radius 1 is 1.17 bits per heavy atom. The molecular formula is C24H28ClN3OS. The summed E-state index contributed by atoms with van der Waals surface area (Å²) in [6, 6.07) is 12.7. The average molecular weight is 442 g/mol. The van der Waals surface area contributed by atoms with Gasteiger partial charge in [-0.05, 0) is 86.8 Å². The van der Waals surface area contributed by atoms with Crippen LogP contribution < -0.4 is 0 Å². The minimum atomic E-state index is 0.529. The summed E-state index contributed by atoms with van der Waals surface area (Å²) < 4.78 is 5.41. The summed E-state index contributed by atoms with van der Waals surface area (Å²) in [7, 11) is 4.40. The Bertz CT molecular complexity index is 941. The second kappa shape index (κ2) is 9.90. The Morgan fingerprint density at radius 2 is 1.93 bits per heavy atom. The lowest BCUT2D eigenvalue weighted by Crippen LogP contribution is -2.29. The standard InChI is InChI=1S/C24H28ClN3OS/c1-28(2)24(21-4-3-15-30-21)19-10-5-17(6-11-19)9-14-23-26-22(27-29-23)16-18-7-12-20(25)13-8-18/h3-4,7-9,12-15,17,19,24H,5-6,10-11,16H2,1-2H3. The molecule has 2 heterocycles. The van der Waals surface area contributed by atoms with Gasteiger partial charge in [-0.3, -0.25) is 0 Å². The van der Waals surface area contributed by atoms with Gasteiger partial charge in [-0.2, -0.15) is 4.98 Å². The highest BCUT2D eigenvalue weighted by atomic mass is 35.5. The topological polar surface area (TPSA) is 42.2 Å². The van der Waals surface area contributed by atoms with Crippen molar-refractivity contribution in [3.8, 4) is 0 Å². The van der Waals surface area contributed by atoms with E-state index in [1.807, 2.05) is 41.7 Å². The van der Waals surface area contributed by atoms with E-state index in [2.05, 4.69) is 52.7 Å². The molecule has 6 heteroatoms. The first-order chi connectivity index (χ1) is 14.6. The first-order valence-corrected chi connectivity index (χ1v) is 11.8. The van der Waals surface area contributed by atoms with Crippen LogP contribution in [0.3, 0.4) is 0 Å². The van der Waals surface area contributed by atoms with Gasteiger partial charge in [0.2, 0.25) is 5.89 Å². The van der Waals surface area contributed by atoms with E-state index in [0.717, 1.165) is 16.5 Å². The Hall–Kier alpha value is -1.95. The highest BCUT2D eigenvalue weighted by Crippen LogP contribution is 2.41. The van der Waals surface area contributed by atoms with Crippen molar-refractivity contribution in [2.24, 2.45) is 11.8 Å². The SMILES string of the molecule is CN(C)C(c1cccs1)C1CCC(C=Cc2nc(Cc3ccc(Cl)cc3)no2)CC1. The maximum Gasteiger partial charge on any atom is 0.250 e. The molecule has 1 aliphatic carbocycles. The van der Waals surface area contributed by atoms with Crippen molar-refractivity contribution in [1.82, 2.24) is 15.0 Å². The fourth-order valence-corrected chi connectivity index (χ4v) is 5.57. The van der Waals surface area contributed by atoms with Gasteiger partial charge in [0, 0.05) is 22.4 Å². The van der Waals surface area contributed by atoms with Crippen LogP contribution in [-0.4, -0.2) is 29.1 Å². The van der Waals surface area contributed by atoms with Gasteiger partial charge in [0.05, 0.1) is 0 Å². The highest BCUT2D eigenvalue weighted by molar-refractivity contribution is 7.10. The van der Waals surface area contributed by atoms with Crippen LogP contribution in [0.25, 0.3) is 6.08 Å². The second-order valence-corrected chi connectivity index (χ2v) is 9.73. The Morgan fingerprint density at radius 3 is 2.60 bits per heavy atom. The van der Waals surface area contributed by atoms with Crippen molar-refractivity contribution in [2.75, 3.05) is 14.1 Å². The first kappa shape index (κ1) is 21.3. The molecule has 0 radical (unpaired) electrons. The van der Waals surface area contributed by atoms with Crippen LogP contribution in [-0.2, 0) is 6.42 Å². The lowest BCUT2D eigenvalue weighted by molar-refractivity contribution is 0.162. The smallest absolute Gasteiger partial charge is 0.250 e. The van der Waals surface area contributed by atoms with Gasteiger partial charge >= 0.3 is 0 Å². The van der Waals surface area contributed by atoms with E-state index in [0.29, 0.717) is 30.1 Å². The third-order valence-electron chi connectivity index (χ3n) is 5.92. The number of halogens is 1. The Balaban J connectivity index is 1.31. The molecule has 0 N–H and O–H groups in total. The van der Waals surface area contributed by atoms with Crippen LogP contribution >= 0.6 is 22.9 Å². The second-order valence-electron chi connectivity index (χ2n) is 8.31. The van der Waals surface area contributed by atoms with E-state index in [1.54, 1.807) is 0 Å². The summed E-state index contributed by atoms with van der Waals surface area (Å²) in [4.78, 5) is 8.38. The van der Waals surface area contributed by atoms with Crippen LogP contribution in [0.1, 0.15) is 53.9 Å². The molecule has 1 saturated carbocycles. The molecule has 0 amide bonds. The largest absolute Gasteiger partial charge is 0.335 e. The number of nitrogens with zero attached hydrogens (tertiary/aromatic N) is 3. The number of rotatable bonds is 7. The quantitative estimate of drug-likeness (QED) is 0.419. The lowest BCUT2D eigenvalue weighted by atomic mass is 9.77. The minimum Gasteiger partial charge on any atom is -0.335 e. The third-order valence-corrected chi connectivity index (χ3v) is 7.12. The number of aromatic nitrogens is 2. The van der Waals surface area contributed by atoms with E-state index in [4.69, 9.17) is 16.1 Å². The number of allylic oxidation sites excluding steroid dienone is 1. The maximum atomic E-state index is 5.94. The Kier molecular flexibility index (Phi) is 7.03. The molecule has 0 spiro atoms. The summed E-state index contributed by atoms with van der Waals surface area (Å²) in [5, 5.41) is 7.03. The highest BCUT2D eigenvalue weighted by Gasteiger charge is 2.29. The van der Waals surface area contributed by atoms with Gasteiger partial charge in [-0.15, -0.1) is 11.3 Å². The first-order valence-electron chi connectivity index (χ1n) is 10.5. The molecule has 0 aliphatic heterocycles. The summed E-state index contributed by atoms with van der Waals surface area (Å²) in [5.41, 5.74) is 1.12. The van der Waals surface area contributed by atoms with E-state index < -0.39 is 0 Å². The molecule has 1 aliphatic rings. The van der Waals surface area contributed by atoms with Crippen LogP contribution in [0.15, 0.2) is 52.4 Å². The maximum absolute atomic E-state index is 5.94. The van der Waals surface area contributed by atoms with E-state index in [-0.39, 0.29) is 0 Å².